The van der Waals surface area contributed by atoms with E-state index in [1.54, 1.807) is 0 Å². The number of hydrogen-bond donors (Lipinski definition) is 1. The summed E-state index contributed by atoms with van der Waals surface area (Å²) in [5.41, 5.74) is 5.23. The molecule has 1 nitrogen and oxygen atoms in total. The first-order valence-electron chi connectivity index (χ1n) is 7.51. The minimum absolute atomic E-state index is 0.281. The maximum absolute atomic E-state index is 3.60. The van der Waals surface area contributed by atoms with E-state index in [1.807, 2.05) is 0 Å². The first kappa shape index (κ1) is 13.6. The average molecular weight is 350 g/mol. The highest BCUT2D eigenvalue weighted by molar-refractivity contribution is 9.10. The van der Waals surface area contributed by atoms with Gasteiger partial charge < -0.3 is 4.98 Å². The number of halogens is 1. The zero-order chi connectivity index (χ0) is 14.9. The zero-order valence-electron chi connectivity index (χ0n) is 12.1. The molecule has 1 aliphatic carbocycles. The molecule has 108 valence electrons. The first-order valence-corrected chi connectivity index (χ1v) is 8.30. The Morgan fingerprint density at radius 1 is 1.05 bits per heavy atom. The van der Waals surface area contributed by atoms with Gasteiger partial charge in [0.15, 0.2) is 0 Å². The van der Waals surface area contributed by atoms with E-state index in [9.17, 15) is 0 Å². The molecular formula is C20H16BrN. The fourth-order valence-electron chi connectivity index (χ4n) is 3.24. The summed E-state index contributed by atoms with van der Waals surface area (Å²) in [5.74, 6) is 0.281. The van der Waals surface area contributed by atoms with Crippen LogP contribution in [0, 0.1) is 0 Å². The van der Waals surface area contributed by atoms with Gasteiger partial charge in [0, 0.05) is 27.5 Å². The zero-order valence-corrected chi connectivity index (χ0v) is 13.7. The largest absolute Gasteiger partial charge is 0.361 e. The number of benzene rings is 2. The molecule has 1 aliphatic rings. The molecule has 0 aliphatic heterocycles. The van der Waals surface area contributed by atoms with Gasteiger partial charge in [0.05, 0.1) is 0 Å². The van der Waals surface area contributed by atoms with Crippen LogP contribution in [0.5, 0.6) is 0 Å². The van der Waals surface area contributed by atoms with Crippen LogP contribution in [0.3, 0.4) is 0 Å². The summed E-state index contributed by atoms with van der Waals surface area (Å²) in [7, 11) is 0. The number of aromatic amines is 1. The molecular weight excluding hydrogens is 334 g/mol. The van der Waals surface area contributed by atoms with Crippen LogP contribution in [-0.2, 0) is 0 Å². The van der Waals surface area contributed by atoms with Gasteiger partial charge in [0.1, 0.15) is 0 Å². The van der Waals surface area contributed by atoms with E-state index in [2.05, 4.69) is 93.9 Å². The minimum atomic E-state index is 0.281. The van der Waals surface area contributed by atoms with Crippen LogP contribution >= 0.6 is 15.9 Å². The molecule has 0 bridgehead atoms. The number of allylic oxidation sites excluding steroid dienone is 4. The van der Waals surface area contributed by atoms with Crippen molar-refractivity contribution < 1.29 is 0 Å². The summed E-state index contributed by atoms with van der Waals surface area (Å²) in [5, 5.41) is 1.28. The van der Waals surface area contributed by atoms with Gasteiger partial charge in [-0.15, -0.1) is 0 Å². The van der Waals surface area contributed by atoms with Crippen LogP contribution in [0.15, 0.2) is 83.0 Å². The maximum Gasteiger partial charge on any atom is 0.0457 e. The van der Waals surface area contributed by atoms with Crippen LogP contribution in [0.25, 0.3) is 10.9 Å². The maximum atomic E-state index is 3.60. The fraction of sp³-hybridized carbons (Fsp3) is 0.100. The summed E-state index contributed by atoms with van der Waals surface area (Å²) in [6.07, 6.45) is 10.0. The molecule has 0 radical (unpaired) electrons. The van der Waals surface area contributed by atoms with Gasteiger partial charge in [-0.1, -0.05) is 64.5 Å². The number of fused-ring (bicyclic) bond motifs is 1. The number of nitrogens with one attached hydrogen (secondary N) is 1. The standard InChI is InChI=1S/C20H16BrN/c21-16-10-11-19-17(12-16)18(13-22-19)20(15-8-4-5-9-15)14-6-2-1-3-7-14/h1-4,6-13,20,22H,5H2. The summed E-state index contributed by atoms with van der Waals surface area (Å²) < 4.78 is 1.11. The third kappa shape index (κ3) is 2.34. The number of rotatable bonds is 3. The Bertz CT molecular complexity index is 871. The third-order valence-electron chi connectivity index (χ3n) is 4.25. The fourth-order valence-corrected chi connectivity index (χ4v) is 3.60. The van der Waals surface area contributed by atoms with Gasteiger partial charge in [-0.05, 0) is 41.3 Å². The predicted molar refractivity (Wildman–Crippen MR) is 96.1 cm³/mol. The molecule has 0 spiro atoms. The second kappa shape index (κ2) is 5.62. The Hall–Kier alpha value is -2.06. The molecule has 4 rings (SSSR count). The Morgan fingerprint density at radius 2 is 1.91 bits per heavy atom. The molecule has 1 atom stereocenters. The molecule has 1 heterocycles. The van der Waals surface area contributed by atoms with Crippen LogP contribution in [0.4, 0.5) is 0 Å². The van der Waals surface area contributed by atoms with Crippen molar-refractivity contribution >= 4 is 26.8 Å². The Balaban J connectivity index is 1.93. The average Bonchev–Trinajstić information content (AvgIpc) is 3.20. The summed E-state index contributed by atoms with van der Waals surface area (Å²) in [4.78, 5) is 3.42. The number of hydrogen-bond acceptors (Lipinski definition) is 0. The number of H-pyrrole nitrogens is 1. The smallest absolute Gasteiger partial charge is 0.0457 e. The van der Waals surface area contributed by atoms with Crippen molar-refractivity contribution in [3.05, 3.63) is 94.1 Å². The molecule has 0 saturated heterocycles. The predicted octanol–water partition coefficient (Wildman–Crippen LogP) is 5.95. The molecule has 1 unspecified atom stereocenters. The van der Waals surface area contributed by atoms with Crippen LogP contribution in [0.1, 0.15) is 23.5 Å². The quantitative estimate of drug-likeness (QED) is 0.601. The molecule has 0 amide bonds. The molecule has 0 saturated carbocycles. The summed E-state index contributed by atoms with van der Waals surface area (Å²) in [6, 6.07) is 17.2. The highest BCUT2D eigenvalue weighted by Gasteiger charge is 2.21. The molecule has 0 fully saturated rings. The molecule has 2 aromatic carbocycles. The lowest BCUT2D eigenvalue weighted by Crippen LogP contribution is -2.02. The van der Waals surface area contributed by atoms with Crippen molar-refractivity contribution in [2.45, 2.75) is 12.3 Å². The summed E-state index contributed by atoms with van der Waals surface area (Å²) in [6.45, 7) is 0. The van der Waals surface area contributed by atoms with Crippen LogP contribution in [0.2, 0.25) is 0 Å². The highest BCUT2D eigenvalue weighted by Crippen LogP contribution is 2.38. The van der Waals surface area contributed by atoms with E-state index in [1.165, 1.54) is 27.6 Å². The van der Waals surface area contributed by atoms with Crippen molar-refractivity contribution in [1.82, 2.24) is 4.98 Å². The van der Waals surface area contributed by atoms with E-state index in [0.29, 0.717) is 0 Å². The number of aromatic nitrogens is 1. The van der Waals surface area contributed by atoms with E-state index < -0.39 is 0 Å². The normalized spacial score (nSPS) is 15.2. The van der Waals surface area contributed by atoms with Crippen LogP contribution < -0.4 is 0 Å². The minimum Gasteiger partial charge on any atom is -0.361 e. The van der Waals surface area contributed by atoms with Gasteiger partial charge in [0.25, 0.3) is 0 Å². The Kier molecular flexibility index (Phi) is 3.47. The molecule has 1 aromatic heterocycles. The van der Waals surface area contributed by atoms with E-state index in [4.69, 9.17) is 0 Å². The lowest BCUT2D eigenvalue weighted by Gasteiger charge is -2.18. The molecule has 2 heteroatoms. The van der Waals surface area contributed by atoms with E-state index >= 15 is 0 Å². The van der Waals surface area contributed by atoms with Crippen molar-refractivity contribution in [3.8, 4) is 0 Å². The van der Waals surface area contributed by atoms with Gasteiger partial charge in [-0.3, -0.25) is 0 Å². The lowest BCUT2D eigenvalue weighted by atomic mass is 9.85. The van der Waals surface area contributed by atoms with Crippen molar-refractivity contribution in [1.29, 1.82) is 0 Å². The van der Waals surface area contributed by atoms with Crippen LogP contribution in [-0.4, -0.2) is 4.98 Å². The topological polar surface area (TPSA) is 15.8 Å². The second-order valence-corrected chi connectivity index (χ2v) is 6.54. The SMILES string of the molecule is Brc1ccc2[nH]cc(C(C3=CCC=C3)c3ccccc3)c2c1. The Labute approximate surface area is 138 Å². The third-order valence-corrected chi connectivity index (χ3v) is 4.75. The van der Waals surface area contributed by atoms with Gasteiger partial charge in [0.2, 0.25) is 0 Å². The second-order valence-electron chi connectivity index (χ2n) is 5.62. The monoisotopic (exact) mass is 349 g/mol. The lowest BCUT2D eigenvalue weighted by molar-refractivity contribution is 0.989. The van der Waals surface area contributed by atoms with Gasteiger partial charge >= 0.3 is 0 Å². The van der Waals surface area contributed by atoms with Crippen molar-refractivity contribution in [2.24, 2.45) is 0 Å². The summed E-state index contributed by atoms with van der Waals surface area (Å²) >= 11 is 3.60. The van der Waals surface area contributed by atoms with Gasteiger partial charge in [-0.25, -0.2) is 0 Å². The van der Waals surface area contributed by atoms with E-state index in [-0.39, 0.29) is 5.92 Å². The molecule has 1 N–H and O–H groups in total. The van der Waals surface area contributed by atoms with Crippen molar-refractivity contribution in [3.63, 3.8) is 0 Å². The molecule has 3 aromatic rings. The van der Waals surface area contributed by atoms with E-state index in [0.717, 1.165) is 10.9 Å². The van der Waals surface area contributed by atoms with Crippen molar-refractivity contribution in [2.75, 3.05) is 0 Å². The highest BCUT2D eigenvalue weighted by atomic mass is 79.9. The molecule has 22 heavy (non-hydrogen) atoms. The van der Waals surface area contributed by atoms with Gasteiger partial charge in [-0.2, -0.15) is 0 Å². The Morgan fingerprint density at radius 3 is 2.68 bits per heavy atom. The first-order chi connectivity index (χ1) is 10.8.